The monoisotopic (exact) mass is 1020 g/mol. The molecule has 2 amide bonds. The summed E-state index contributed by atoms with van der Waals surface area (Å²) in [5.74, 6) is -1.78. The van der Waals surface area contributed by atoms with Crippen molar-refractivity contribution in [2.45, 2.75) is 68.6 Å². The molecule has 0 radical (unpaired) electrons. The molecule has 22 heteroatoms. The van der Waals surface area contributed by atoms with E-state index in [4.69, 9.17) is 37.7 Å². The van der Waals surface area contributed by atoms with E-state index in [9.17, 15) is 40.3 Å². The summed E-state index contributed by atoms with van der Waals surface area (Å²) in [6, 6.07) is 11.8. The van der Waals surface area contributed by atoms with E-state index in [0.717, 1.165) is 16.5 Å². The summed E-state index contributed by atoms with van der Waals surface area (Å²) in [6.45, 7) is 7.91. The molecule has 1 aromatic carbocycles. The number of hydrogen-bond acceptors (Lipinski definition) is 17. The van der Waals surface area contributed by atoms with Crippen molar-refractivity contribution >= 4 is 49.8 Å². The van der Waals surface area contributed by atoms with Gasteiger partial charge in [0.2, 0.25) is 5.36 Å². The van der Waals surface area contributed by atoms with Crippen molar-refractivity contribution in [1.82, 2.24) is 9.64 Å². The van der Waals surface area contributed by atoms with Crippen molar-refractivity contribution < 1.29 is 78.0 Å². The summed E-state index contributed by atoms with van der Waals surface area (Å²) in [6.07, 6.45) is 8.67. The van der Waals surface area contributed by atoms with Gasteiger partial charge in [-0.25, -0.2) is 17.8 Å². The third-order valence-corrected chi connectivity index (χ3v) is 13.4. The van der Waals surface area contributed by atoms with Crippen LogP contribution in [0, 0.1) is 0 Å². The first kappa shape index (κ1) is 56.0. The minimum absolute atomic E-state index is 0.0111. The third kappa shape index (κ3) is 16.9. The number of imide groups is 1. The molecule has 70 heavy (non-hydrogen) atoms. The fourth-order valence-corrected chi connectivity index (χ4v) is 9.18. The number of hydrogen-bond donors (Lipinski definition) is 1. The van der Waals surface area contributed by atoms with Gasteiger partial charge < -0.3 is 47.1 Å². The Morgan fingerprint density at radius 2 is 1.44 bits per heavy atom. The molecule has 3 aliphatic heterocycles. The van der Waals surface area contributed by atoms with Gasteiger partial charge in [-0.05, 0) is 80.1 Å². The fraction of sp³-hybridized carbons (Fsp3) is 0.542. The van der Waals surface area contributed by atoms with E-state index >= 15 is 0 Å². The van der Waals surface area contributed by atoms with Crippen molar-refractivity contribution in [3.05, 3.63) is 83.1 Å². The lowest BCUT2D eigenvalue weighted by atomic mass is 9.77. The Kier molecular flexibility index (Phi) is 22.1. The molecule has 5 rings (SSSR count). The maximum absolute atomic E-state index is 12.5. The molecule has 1 aliphatic carbocycles. The summed E-state index contributed by atoms with van der Waals surface area (Å²) in [4.78, 5) is 42.8. The second-order valence-electron chi connectivity index (χ2n) is 16.8. The van der Waals surface area contributed by atoms with E-state index in [1.165, 1.54) is 12.1 Å². The highest BCUT2D eigenvalue weighted by atomic mass is 32.2. The average molecular weight is 1020 g/mol. The van der Waals surface area contributed by atoms with Crippen molar-refractivity contribution in [3.63, 3.8) is 0 Å². The Bertz CT molecular complexity index is 2510. The summed E-state index contributed by atoms with van der Waals surface area (Å²) in [5, 5.41) is 1.39. The van der Waals surface area contributed by atoms with Crippen LogP contribution in [-0.2, 0) is 73.3 Å². The van der Waals surface area contributed by atoms with Crippen molar-refractivity contribution in [1.29, 1.82) is 0 Å². The Morgan fingerprint density at radius 1 is 0.814 bits per heavy atom. The van der Waals surface area contributed by atoms with E-state index in [1.54, 1.807) is 26.5 Å². The van der Waals surface area contributed by atoms with Crippen molar-refractivity contribution in [2.75, 3.05) is 111 Å². The molecule has 1 saturated heterocycles. The summed E-state index contributed by atoms with van der Waals surface area (Å²) >= 11 is 0. The number of carbonyl (C=O) groups excluding carboxylic acids is 3. The number of fused-ring (bicyclic) bond motifs is 2. The first-order valence-corrected chi connectivity index (χ1v) is 26.2. The summed E-state index contributed by atoms with van der Waals surface area (Å²) in [5.41, 5.74) is 2.36. The van der Waals surface area contributed by atoms with E-state index in [-0.39, 0.29) is 32.1 Å². The van der Waals surface area contributed by atoms with Crippen LogP contribution in [0.4, 0.5) is 5.69 Å². The van der Waals surface area contributed by atoms with E-state index < -0.39 is 54.1 Å². The SMILES string of the molecule is COCCOCCOCC[N+](CCOCCOCCOC)=c1ccc2c(/C=C/C=C3/N(CCCCCC(=O)ON4C(=O)CCC4=O)c4ccc(S(=O)(=O)[O-])cc4C3(C)CCCS(=O)(=O)O)ccoc-2c1. The third-order valence-electron chi connectivity index (χ3n) is 11.8. The molecule has 20 nitrogen and oxygen atoms in total. The zero-order valence-electron chi connectivity index (χ0n) is 40.0. The van der Waals surface area contributed by atoms with Crippen LogP contribution < -0.4 is 14.8 Å². The number of unbranched alkanes of at least 4 members (excludes halogenated alkanes) is 2. The van der Waals surface area contributed by atoms with Crippen LogP contribution in [0.5, 0.6) is 0 Å². The molecule has 1 fully saturated rings. The van der Waals surface area contributed by atoms with E-state index in [1.807, 2.05) is 54.3 Å². The molecule has 386 valence electrons. The van der Waals surface area contributed by atoms with Crippen molar-refractivity contribution in [2.24, 2.45) is 0 Å². The zero-order valence-corrected chi connectivity index (χ0v) is 41.7. The minimum Gasteiger partial charge on any atom is -0.744 e. The predicted molar refractivity (Wildman–Crippen MR) is 255 cm³/mol. The van der Waals surface area contributed by atoms with Crippen LogP contribution in [0.15, 0.2) is 75.9 Å². The molecule has 3 heterocycles. The van der Waals surface area contributed by atoms with Crippen LogP contribution in [0.2, 0.25) is 0 Å². The lowest BCUT2D eigenvalue weighted by Crippen LogP contribution is -2.36. The number of anilines is 1. The highest BCUT2D eigenvalue weighted by Crippen LogP contribution is 2.51. The van der Waals surface area contributed by atoms with Gasteiger partial charge in [-0.15, -0.1) is 5.06 Å². The summed E-state index contributed by atoms with van der Waals surface area (Å²) < 4.78 is 111. The summed E-state index contributed by atoms with van der Waals surface area (Å²) in [7, 11) is -5.98. The highest BCUT2D eigenvalue weighted by molar-refractivity contribution is 7.86. The predicted octanol–water partition coefficient (Wildman–Crippen LogP) is 3.93. The fourth-order valence-electron chi connectivity index (χ4n) is 8.17. The zero-order chi connectivity index (χ0) is 50.6. The lowest BCUT2D eigenvalue weighted by Gasteiger charge is -2.30. The Labute approximate surface area is 409 Å². The van der Waals surface area contributed by atoms with Gasteiger partial charge in [-0.2, -0.15) is 8.42 Å². The molecule has 4 aliphatic rings. The molecule has 0 bridgehead atoms. The number of benzene rings is 2. The maximum Gasteiger partial charge on any atom is 0.333 e. The van der Waals surface area contributed by atoms with Gasteiger partial charge in [0.1, 0.15) is 29.1 Å². The molecular formula is C48H65N3O17S2. The number of hydroxylamine groups is 2. The number of methoxy groups -OCH3 is 2. The molecule has 0 saturated carbocycles. The normalized spacial score (nSPS) is 16.9. The number of amides is 2. The van der Waals surface area contributed by atoms with E-state index in [2.05, 4.69) is 4.58 Å². The molecule has 1 aromatic rings. The van der Waals surface area contributed by atoms with Crippen molar-refractivity contribution in [3.8, 4) is 11.3 Å². The van der Waals surface area contributed by atoms with Crippen LogP contribution in [0.3, 0.4) is 0 Å². The lowest BCUT2D eigenvalue weighted by molar-refractivity contribution is -0.197. The highest BCUT2D eigenvalue weighted by Gasteiger charge is 2.43. The van der Waals surface area contributed by atoms with Gasteiger partial charge in [0.05, 0.1) is 75.8 Å². The second-order valence-corrected chi connectivity index (χ2v) is 19.7. The second kappa shape index (κ2) is 27.7. The first-order chi connectivity index (χ1) is 33.6. The number of nitrogens with zero attached hydrogens (tertiary/aromatic N) is 3. The Morgan fingerprint density at radius 3 is 2.06 bits per heavy atom. The number of carbonyl (C=O) groups is 3. The van der Waals surface area contributed by atoms with Crippen LogP contribution in [0.1, 0.15) is 69.4 Å². The topological polar surface area (TPSA) is 250 Å². The molecular weight excluding hydrogens is 955 g/mol. The largest absolute Gasteiger partial charge is 0.744 e. The van der Waals surface area contributed by atoms with Gasteiger partial charge in [0.25, 0.3) is 21.9 Å². The minimum atomic E-state index is -4.87. The van der Waals surface area contributed by atoms with Gasteiger partial charge in [0, 0.05) is 68.5 Å². The Hall–Kier alpha value is -4.88. The molecule has 1 atom stereocenters. The smallest absolute Gasteiger partial charge is 0.333 e. The van der Waals surface area contributed by atoms with Gasteiger partial charge in [-0.1, -0.05) is 18.6 Å². The van der Waals surface area contributed by atoms with Gasteiger partial charge >= 0.3 is 5.97 Å². The molecule has 1 N–H and O–H groups in total. The quantitative estimate of drug-likeness (QED) is 0.0403. The van der Waals surface area contributed by atoms with Gasteiger partial charge in [0.15, 0.2) is 13.1 Å². The number of ether oxygens (including phenoxy) is 6. The first-order valence-electron chi connectivity index (χ1n) is 23.2. The van der Waals surface area contributed by atoms with E-state index in [0.29, 0.717) is 133 Å². The maximum atomic E-state index is 12.5. The Balaban J connectivity index is 1.40. The van der Waals surface area contributed by atoms with Crippen LogP contribution >= 0.6 is 0 Å². The number of allylic oxidation sites excluding steroid dienone is 3. The standard InChI is InChI=1S/C48H65N3O17S2/c1-48(19-8-34-69(55,56)57)41-36-39(70(58,59)60)13-15-42(41)50(20-6-4-5-11-47(54)68-51-45(52)16-17-46(51)53)44(48)10-7-9-37-18-23-67-43-35-38(12-14-40(37)43)49(21-24-63-30-32-65-28-26-61-2)22-25-64-31-33-66-29-27-62-3/h7,9-10,12-15,18,23,35-36H,4-6,8,11,16-17,19-22,24-34H2,1-3H3,(H-,55,56,57,58,59,60). The average Bonchev–Trinajstić information content (AvgIpc) is 3.75. The van der Waals surface area contributed by atoms with Crippen LogP contribution in [-0.4, -0.2) is 154 Å². The molecule has 0 aromatic heterocycles. The van der Waals surface area contributed by atoms with Gasteiger partial charge in [-0.3, -0.25) is 14.1 Å². The molecule has 1 unspecified atom stereocenters. The van der Waals surface area contributed by atoms with Crippen LogP contribution in [0.25, 0.3) is 17.4 Å². The molecule has 0 spiro atoms. The number of rotatable bonds is 32.